The molecule has 4 saturated carbocycles. The normalized spacial score (nSPS) is 28.1. The maximum Gasteiger partial charge on any atom is 0.343 e. The quantitative estimate of drug-likeness (QED) is 0.313. The molecule has 9 nitrogen and oxygen atoms in total. The molecule has 0 atom stereocenters. The van der Waals surface area contributed by atoms with E-state index in [1.807, 2.05) is 12.1 Å². The average molecular weight is 545 g/mol. The van der Waals surface area contributed by atoms with Gasteiger partial charge in [-0.2, -0.15) is 0 Å². The minimum atomic E-state index is -0.779. The standard InChI is InChI=1S/C31H32N2O7/c1-38-26-13-18(3-8-25(26)40-17-27(34)39-2)12-24-28(35)32-30(37)33(29(24)36)23-6-4-22(5-7-23)31-14-19-9-20(15-31)11-21(10-19)16-31/h3-8,12-13,19-21H,9-11,14-17H2,1-2H3,(H,32,35,37)/b24-12+. The highest BCUT2D eigenvalue weighted by molar-refractivity contribution is 6.39. The minimum Gasteiger partial charge on any atom is -0.493 e. The molecule has 1 heterocycles. The summed E-state index contributed by atoms with van der Waals surface area (Å²) >= 11 is 0. The molecule has 1 N–H and O–H groups in total. The number of ether oxygens (including phenoxy) is 3. The zero-order valence-electron chi connectivity index (χ0n) is 22.6. The molecule has 2 aromatic rings. The van der Waals surface area contributed by atoms with Gasteiger partial charge in [-0.15, -0.1) is 0 Å². The number of anilines is 1. The van der Waals surface area contributed by atoms with Crippen molar-refractivity contribution in [2.24, 2.45) is 17.8 Å². The monoisotopic (exact) mass is 544 g/mol. The fourth-order valence-electron chi connectivity index (χ4n) is 7.58. The van der Waals surface area contributed by atoms with E-state index in [0.29, 0.717) is 22.7 Å². The van der Waals surface area contributed by atoms with Crippen LogP contribution in [0.3, 0.4) is 0 Å². The van der Waals surface area contributed by atoms with Gasteiger partial charge in [0.05, 0.1) is 19.9 Å². The van der Waals surface area contributed by atoms with Crippen LogP contribution in [-0.2, 0) is 24.5 Å². The molecule has 0 spiro atoms. The fourth-order valence-corrected chi connectivity index (χ4v) is 7.58. The van der Waals surface area contributed by atoms with E-state index in [4.69, 9.17) is 9.47 Å². The summed E-state index contributed by atoms with van der Waals surface area (Å²) in [4.78, 5) is 51.3. The van der Waals surface area contributed by atoms with Gasteiger partial charge in [0.25, 0.3) is 11.8 Å². The first-order valence-electron chi connectivity index (χ1n) is 13.7. The lowest BCUT2D eigenvalue weighted by Gasteiger charge is -2.57. The molecule has 4 amide bonds. The first-order chi connectivity index (χ1) is 19.3. The van der Waals surface area contributed by atoms with E-state index in [1.165, 1.54) is 64.4 Å². The van der Waals surface area contributed by atoms with Gasteiger partial charge >= 0.3 is 12.0 Å². The second-order valence-electron chi connectivity index (χ2n) is 11.5. The number of carbonyl (C=O) groups is 4. The number of hydrogen-bond donors (Lipinski definition) is 1. The highest BCUT2D eigenvalue weighted by Gasteiger charge is 2.51. The van der Waals surface area contributed by atoms with Crippen molar-refractivity contribution in [2.75, 3.05) is 25.7 Å². The molecule has 5 aliphatic rings. The Morgan fingerprint density at radius 1 is 0.950 bits per heavy atom. The number of nitrogens with zero attached hydrogens (tertiary/aromatic N) is 1. The largest absolute Gasteiger partial charge is 0.493 e. The smallest absolute Gasteiger partial charge is 0.343 e. The Morgan fingerprint density at radius 2 is 1.60 bits per heavy atom. The number of hydrogen-bond acceptors (Lipinski definition) is 7. The first kappa shape index (κ1) is 26.1. The second kappa shape index (κ2) is 10.1. The SMILES string of the molecule is COC(=O)COc1ccc(/C=C2\C(=O)NC(=O)N(c3ccc(C45CC6CC(CC(C6)C4)C5)cc3)C2=O)cc1OC. The van der Waals surface area contributed by atoms with E-state index >= 15 is 0 Å². The van der Waals surface area contributed by atoms with Gasteiger partial charge in [-0.3, -0.25) is 14.9 Å². The molecule has 4 aliphatic carbocycles. The summed E-state index contributed by atoms with van der Waals surface area (Å²) < 4.78 is 15.3. The number of amides is 4. The second-order valence-corrected chi connectivity index (χ2v) is 11.5. The van der Waals surface area contributed by atoms with Crippen molar-refractivity contribution < 1.29 is 33.4 Å². The van der Waals surface area contributed by atoms with Crippen LogP contribution in [0.5, 0.6) is 11.5 Å². The lowest BCUT2D eigenvalue weighted by molar-refractivity contribution is -0.143. The summed E-state index contributed by atoms with van der Waals surface area (Å²) in [6, 6.07) is 11.7. The molecule has 5 fully saturated rings. The number of barbiturate groups is 1. The van der Waals surface area contributed by atoms with E-state index < -0.39 is 23.8 Å². The van der Waals surface area contributed by atoms with Crippen LogP contribution in [0.4, 0.5) is 10.5 Å². The topological polar surface area (TPSA) is 111 Å². The number of imide groups is 2. The summed E-state index contributed by atoms with van der Waals surface area (Å²) in [5, 5.41) is 2.28. The highest BCUT2D eigenvalue weighted by Crippen LogP contribution is 2.60. The van der Waals surface area contributed by atoms with Gasteiger partial charge in [0.1, 0.15) is 5.57 Å². The maximum absolute atomic E-state index is 13.5. The van der Waals surface area contributed by atoms with Crippen LogP contribution in [-0.4, -0.2) is 44.6 Å². The Kier molecular flexibility index (Phi) is 6.60. The van der Waals surface area contributed by atoms with Gasteiger partial charge in [-0.25, -0.2) is 14.5 Å². The maximum atomic E-state index is 13.5. The molecule has 7 rings (SSSR count). The van der Waals surface area contributed by atoms with Crippen molar-refractivity contribution in [3.8, 4) is 11.5 Å². The number of methoxy groups -OCH3 is 2. The molecular weight excluding hydrogens is 512 g/mol. The minimum absolute atomic E-state index is 0.185. The van der Waals surface area contributed by atoms with E-state index in [-0.39, 0.29) is 17.6 Å². The van der Waals surface area contributed by atoms with E-state index in [0.717, 1.165) is 22.7 Å². The van der Waals surface area contributed by atoms with Crippen LogP contribution in [0, 0.1) is 17.8 Å². The summed E-state index contributed by atoms with van der Waals surface area (Å²) in [5.41, 5.74) is 2.20. The highest BCUT2D eigenvalue weighted by atomic mass is 16.6. The predicted molar refractivity (Wildman–Crippen MR) is 146 cm³/mol. The van der Waals surface area contributed by atoms with Crippen LogP contribution in [0.1, 0.15) is 49.7 Å². The Bertz CT molecular complexity index is 1380. The van der Waals surface area contributed by atoms with Crippen molar-refractivity contribution in [1.29, 1.82) is 0 Å². The molecular formula is C31H32N2O7. The lowest BCUT2D eigenvalue weighted by Crippen LogP contribution is -2.54. The molecule has 1 aliphatic heterocycles. The summed E-state index contributed by atoms with van der Waals surface area (Å²) in [7, 11) is 2.69. The van der Waals surface area contributed by atoms with Gasteiger partial charge in [0, 0.05) is 0 Å². The van der Waals surface area contributed by atoms with Crippen molar-refractivity contribution in [3.05, 3.63) is 59.2 Å². The van der Waals surface area contributed by atoms with E-state index in [1.54, 1.807) is 18.2 Å². The molecule has 208 valence electrons. The zero-order valence-corrected chi connectivity index (χ0v) is 22.6. The van der Waals surface area contributed by atoms with Gasteiger partial charge < -0.3 is 14.2 Å². The average Bonchev–Trinajstić information content (AvgIpc) is 2.93. The third kappa shape index (κ3) is 4.63. The molecule has 0 radical (unpaired) electrons. The van der Waals surface area contributed by atoms with Gasteiger partial charge in [-0.1, -0.05) is 18.2 Å². The van der Waals surface area contributed by atoms with Crippen LogP contribution in [0.25, 0.3) is 6.08 Å². The number of nitrogens with one attached hydrogen (secondary N) is 1. The molecule has 9 heteroatoms. The number of urea groups is 1. The fraction of sp³-hybridized carbons (Fsp3) is 0.419. The number of benzene rings is 2. The third-order valence-electron chi connectivity index (χ3n) is 8.95. The summed E-state index contributed by atoms with van der Waals surface area (Å²) in [5.74, 6) is 1.00. The van der Waals surface area contributed by atoms with Gasteiger partial charge in [-0.05, 0) is 103 Å². The van der Waals surface area contributed by atoms with Crippen molar-refractivity contribution >= 4 is 35.6 Å². The van der Waals surface area contributed by atoms with Crippen molar-refractivity contribution in [1.82, 2.24) is 5.32 Å². The van der Waals surface area contributed by atoms with Crippen molar-refractivity contribution in [2.45, 2.75) is 43.9 Å². The summed E-state index contributed by atoms with van der Waals surface area (Å²) in [6.45, 7) is -0.299. The molecule has 1 saturated heterocycles. The Labute approximate surface area is 232 Å². The molecule has 40 heavy (non-hydrogen) atoms. The Morgan fingerprint density at radius 3 is 2.20 bits per heavy atom. The molecule has 2 aromatic carbocycles. The van der Waals surface area contributed by atoms with Gasteiger partial charge in [0.15, 0.2) is 18.1 Å². The van der Waals surface area contributed by atoms with E-state index in [9.17, 15) is 19.2 Å². The van der Waals surface area contributed by atoms with Gasteiger partial charge in [0.2, 0.25) is 0 Å². The number of carbonyl (C=O) groups excluding carboxylic acids is 4. The number of rotatable bonds is 7. The summed E-state index contributed by atoms with van der Waals surface area (Å²) in [6.07, 6.45) is 9.14. The van der Waals surface area contributed by atoms with Crippen LogP contribution < -0.4 is 19.7 Å². The van der Waals surface area contributed by atoms with Crippen molar-refractivity contribution in [3.63, 3.8) is 0 Å². The number of esters is 1. The van der Waals surface area contributed by atoms with E-state index in [2.05, 4.69) is 22.2 Å². The Balaban J connectivity index is 1.24. The molecule has 0 aromatic heterocycles. The first-order valence-corrected chi connectivity index (χ1v) is 13.7. The van der Waals surface area contributed by atoms with Crippen LogP contribution in [0.15, 0.2) is 48.0 Å². The van der Waals surface area contributed by atoms with Crippen LogP contribution >= 0.6 is 0 Å². The zero-order chi connectivity index (χ0) is 28.0. The van der Waals surface area contributed by atoms with Crippen LogP contribution in [0.2, 0.25) is 0 Å². The third-order valence-corrected chi connectivity index (χ3v) is 8.95. The molecule has 0 unspecified atom stereocenters. The predicted octanol–water partition coefficient (Wildman–Crippen LogP) is 4.38. The lowest BCUT2D eigenvalue weighted by atomic mass is 9.48. The molecule has 4 bridgehead atoms. The Hall–Kier alpha value is -4.14.